The van der Waals surface area contributed by atoms with Gasteiger partial charge in [-0.15, -0.1) is 0 Å². The van der Waals surface area contributed by atoms with Crippen molar-refractivity contribution >= 4 is 34.8 Å². The van der Waals surface area contributed by atoms with Gasteiger partial charge in [-0.25, -0.2) is 4.39 Å². The first-order valence-electron chi connectivity index (χ1n) is 5.78. The molecule has 2 N–H and O–H groups in total. The van der Waals surface area contributed by atoms with Crippen molar-refractivity contribution in [3.05, 3.63) is 62.8 Å². The first kappa shape index (κ1) is 15.4. The number of ether oxygens (including phenoxy) is 1. The highest BCUT2D eigenvalue weighted by Gasteiger charge is 2.15. The van der Waals surface area contributed by atoms with E-state index in [0.29, 0.717) is 26.4 Å². The summed E-state index contributed by atoms with van der Waals surface area (Å²) in [6, 6.07) is 9.03. The van der Waals surface area contributed by atoms with Gasteiger partial charge in [0.15, 0.2) is 0 Å². The number of hydrogen-bond donors (Lipinski definition) is 1. The molecule has 0 aromatic heterocycles. The zero-order valence-corrected chi connectivity index (χ0v) is 12.5. The average Bonchev–Trinajstić information content (AvgIpc) is 2.41. The van der Waals surface area contributed by atoms with Crippen molar-refractivity contribution in [2.75, 3.05) is 6.54 Å². The molecule has 6 heteroatoms. The van der Waals surface area contributed by atoms with Gasteiger partial charge in [0.2, 0.25) is 0 Å². The number of rotatable bonds is 4. The lowest BCUT2D eigenvalue weighted by atomic mass is 10.1. The summed E-state index contributed by atoms with van der Waals surface area (Å²) in [5.74, 6) is -0.00874. The molecule has 2 rings (SSSR count). The van der Waals surface area contributed by atoms with Crippen molar-refractivity contribution in [3.8, 4) is 5.75 Å². The Hall–Kier alpha value is -1.00. The normalized spacial score (nSPS) is 12.2. The Kier molecular flexibility index (Phi) is 5.11. The number of halogens is 4. The summed E-state index contributed by atoms with van der Waals surface area (Å²) >= 11 is 17.8. The van der Waals surface area contributed by atoms with Crippen molar-refractivity contribution in [2.24, 2.45) is 5.73 Å². The van der Waals surface area contributed by atoms with Gasteiger partial charge >= 0.3 is 0 Å². The second-order valence-electron chi connectivity index (χ2n) is 4.09. The maximum Gasteiger partial charge on any atom is 0.140 e. The quantitative estimate of drug-likeness (QED) is 0.810. The van der Waals surface area contributed by atoms with Crippen LogP contribution in [0.2, 0.25) is 15.1 Å². The summed E-state index contributed by atoms with van der Waals surface area (Å²) in [5.41, 5.74) is 6.29. The van der Waals surface area contributed by atoms with Crippen LogP contribution in [0.3, 0.4) is 0 Å². The minimum atomic E-state index is -0.527. The zero-order chi connectivity index (χ0) is 14.7. The van der Waals surface area contributed by atoms with Gasteiger partial charge < -0.3 is 10.5 Å². The molecule has 0 aliphatic rings. The van der Waals surface area contributed by atoms with E-state index >= 15 is 0 Å². The highest BCUT2D eigenvalue weighted by molar-refractivity contribution is 6.43. The summed E-state index contributed by atoms with van der Waals surface area (Å²) in [5, 5.41) is 0.967. The van der Waals surface area contributed by atoms with E-state index in [1.54, 1.807) is 12.1 Å². The largest absolute Gasteiger partial charge is 0.483 e. The highest BCUT2D eigenvalue weighted by Crippen LogP contribution is 2.36. The van der Waals surface area contributed by atoms with Crippen LogP contribution < -0.4 is 10.5 Å². The Bertz CT molecular complexity index is 621. The number of hydrogen-bond acceptors (Lipinski definition) is 2. The molecule has 2 aromatic carbocycles. The fourth-order valence-corrected chi connectivity index (χ4v) is 2.29. The predicted molar refractivity (Wildman–Crippen MR) is 80.3 cm³/mol. The molecular formula is C14H11Cl3FNO. The van der Waals surface area contributed by atoms with E-state index in [1.807, 2.05) is 0 Å². The molecule has 1 unspecified atom stereocenters. The first-order valence-corrected chi connectivity index (χ1v) is 6.91. The Morgan fingerprint density at radius 2 is 1.75 bits per heavy atom. The SMILES string of the molecule is NCC(Oc1cc(Cl)c(Cl)cc1Cl)c1cccc(F)c1. The Labute approximate surface area is 131 Å². The van der Waals surface area contributed by atoms with E-state index in [9.17, 15) is 4.39 Å². The summed E-state index contributed by atoms with van der Waals surface area (Å²) in [7, 11) is 0. The van der Waals surface area contributed by atoms with Crippen molar-refractivity contribution in [2.45, 2.75) is 6.10 Å². The standard InChI is InChI=1S/C14H11Cl3FNO/c15-10-5-12(17)13(6-11(10)16)20-14(7-19)8-2-1-3-9(18)4-8/h1-6,14H,7,19H2. The van der Waals surface area contributed by atoms with Gasteiger partial charge in [-0.2, -0.15) is 0 Å². The van der Waals surface area contributed by atoms with E-state index in [0.717, 1.165) is 0 Å². The van der Waals surface area contributed by atoms with Gasteiger partial charge in [0.1, 0.15) is 17.7 Å². The Morgan fingerprint density at radius 1 is 1.05 bits per heavy atom. The molecule has 0 aliphatic carbocycles. The van der Waals surface area contributed by atoms with Gasteiger partial charge in [-0.3, -0.25) is 0 Å². The minimum absolute atomic E-state index is 0.167. The van der Waals surface area contributed by atoms with Crippen molar-refractivity contribution in [1.82, 2.24) is 0 Å². The lowest BCUT2D eigenvalue weighted by Gasteiger charge is -2.19. The molecule has 0 saturated carbocycles. The lowest BCUT2D eigenvalue weighted by molar-refractivity contribution is 0.214. The molecule has 0 amide bonds. The average molecular weight is 335 g/mol. The van der Waals surface area contributed by atoms with Crippen molar-refractivity contribution in [1.29, 1.82) is 0 Å². The van der Waals surface area contributed by atoms with Crippen LogP contribution in [0.15, 0.2) is 36.4 Å². The Morgan fingerprint density at radius 3 is 2.40 bits per heavy atom. The minimum Gasteiger partial charge on any atom is -0.483 e. The third-order valence-electron chi connectivity index (χ3n) is 2.68. The second kappa shape index (κ2) is 6.64. The van der Waals surface area contributed by atoms with Crippen LogP contribution in [-0.2, 0) is 0 Å². The van der Waals surface area contributed by atoms with E-state index < -0.39 is 6.10 Å². The van der Waals surface area contributed by atoms with Gasteiger partial charge in [-0.05, 0) is 23.8 Å². The monoisotopic (exact) mass is 333 g/mol. The molecule has 0 saturated heterocycles. The fraction of sp³-hybridized carbons (Fsp3) is 0.143. The molecule has 0 radical (unpaired) electrons. The first-order chi connectivity index (χ1) is 9.51. The molecule has 0 heterocycles. The van der Waals surface area contributed by atoms with Gasteiger partial charge in [0.05, 0.1) is 15.1 Å². The highest BCUT2D eigenvalue weighted by atomic mass is 35.5. The topological polar surface area (TPSA) is 35.2 Å². The Balaban J connectivity index is 2.29. The van der Waals surface area contributed by atoms with Crippen LogP contribution in [0.25, 0.3) is 0 Å². The van der Waals surface area contributed by atoms with Crippen LogP contribution in [0.4, 0.5) is 4.39 Å². The van der Waals surface area contributed by atoms with Crippen molar-refractivity contribution in [3.63, 3.8) is 0 Å². The van der Waals surface area contributed by atoms with Gasteiger partial charge in [0, 0.05) is 12.6 Å². The molecule has 2 aromatic rings. The van der Waals surface area contributed by atoms with E-state index in [2.05, 4.69) is 0 Å². The van der Waals surface area contributed by atoms with Crippen LogP contribution in [-0.4, -0.2) is 6.54 Å². The number of benzene rings is 2. The lowest BCUT2D eigenvalue weighted by Crippen LogP contribution is -2.18. The molecular weight excluding hydrogens is 324 g/mol. The summed E-state index contributed by atoms with van der Waals surface area (Å²) in [6.45, 7) is 0.167. The summed E-state index contributed by atoms with van der Waals surface area (Å²) < 4.78 is 18.9. The maximum atomic E-state index is 13.2. The molecule has 106 valence electrons. The smallest absolute Gasteiger partial charge is 0.140 e. The molecule has 0 aliphatic heterocycles. The van der Waals surface area contributed by atoms with Crippen LogP contribution >= 0.6 is 34.8 Å². The van der Waals surface area contributed by atoms with Gasteiger partial charge in [-0.1, -0.05) is 46.9 Å². The van der Waals surface area contributed by atoms with Crippen LogP contribution in [0.1, 0.15) is 11.7 Å². The third kappa shape index (κ3) is 3.55. The summed E-state index contributed by atoms with van der Waals surface area (Å²) in [6.07, 6.45) is -0.527. The third-order valence-corrected chi connectivity index (χ3v) is 3.70. The van der Waals surface area contributed by atoms with Gasteiger partial charge in [0.25, 0.3) is 0 Å². The zero-order valence-electron chi connectivity index (χ0n) is 10.2. The van der Waals surface area contributed by atoms with E-state index in [-0.39, 0.29) is 12.4 Å². The van der Waals surface area contributed by atoms with Crippen LogP contribution in [0, 0.1) is 5.82 Å². The molecule has 1 atom stereocenters. The maximum absolute atomic E-state index is 13.2. The number of nitrogens with two attached hydrogens (primary N) is 1. The molecule has 2 nitrogen and oxygen atoms in total. The van der Waals surface area contributed by atoms with Crippen LogP contribution in [0.5, 0.6) is 5.75 Å². The fourth-order valence-electron chi connectivity index (χ4n) is 1.71. The molecule has 0 spiro atoms. The summed E-state index contributed by atoms with van der Waals surface area (Å²) in [4.78, 5) is 0. The molecule has 0 bridgehead atoms. The second-order valence-corrected chi connectivity index (χ2v) is 5.32. The van der Waals surface area contributed by atoms with Crippen molar-refractivity contribution < 1.29 is 9.13 Å². The molecule has 20 heavy (non-hydrogen) atoms. The predicted octanol–water partition coefficient (Wildman–Crippen LogP) is 4.86. The van der Waals surface area contributed by atoms with E-state index in [1.165, 1.54) is 24.3 Å². The van der Waals surface area contributed by atoms with E-state index in [4.69, 9.17) is 45.3 Å². The molecule has 0 fully saturated rings.